The molecule has 82 valence electrons. The zero-order chi connectivity index (χ0) is 11.7. The fraction of sp³-hybridized carbons (Fsp3) is 0.182. The summed E-state index contributed by atoms with van der Waals surface area (Å²) in [4.78, 5) is 27.1. The number of carbonyl (C=O) groups is 1. The van der Waals surface area contributed by atoms with Gasteiger partial charge in [0.1, 0.15) is 5.65 Å². The molecule has 2 heterocycles. The molecule has 0 aliphatic carbocycles. The van der Waals surface area contributed by atoms with Gasteiger partial charge in [-0.1, -0.05) is 6.07 Å². The lowest BCUT2D eigenvalue weighted by molar-refractivity contribution is 0.0594. The predicted molar refractivity (Wildman–Crippen MR) is 57.5 cm³/mol. The number of hydrogen-bond acceptors (Lipinski definition) is 4. The van der Waals surface area contributed by atoms with Crippen molar-refractivity contribution in [3.05, 3.63) is 46.0 Å². The number of nitrogens with zero attached hydrogens (tertiary/aromatic N) is 2. The van der Waals surface area contributed by atoms with E-state index in [0.29, 0.717) is 5.65 Å². The zero-order valence-corrected chi connectivity index (χ0v) is 8.93. The highest BCUT2D eigenvalue weighted by atomic mass is 16.5. The van der Waals surface area contributed by atoms with Crippen LogP contribution in [0.3, 0.4) is 0 Å². The predicted octanol–water partition coefficient (Wildman–Crippen LogP) is 0.790. The maximum atomic E-state index is 11.8. The zero-order valence-electron chi connectivity index (χ0n) is 8.93. The number of aromatic nitrogens is 2. The van der Waals surface area contributed by atoms with Gasteiger partial charge in [-0.25, -0.2) is 9.78 Å². The quantitative estimate of drug-likeness (QED) is 0.664. The van der Waals surface area contributed by atoms with E-state index in [2.05, 4.69) is 9.72 Å². The van der Waals surface area contributed by atoms with Crippen LogP contribution in [0.1, 0.15) is 16.2 Å². The van der Waals surface area contributed by atoms with Crippen LogP contribution in [0.4, 0.5) is 0 Å². The summed E-state index contributed by atoms with van der Waals surface area (Å²) in [5.41, 5.74) is 0.945. The highest BCUT2D eigenvalue weighted by Crippen LogP contribution is 2.03. The SMILES string of the molecule is COC(=O)c1cc(=O)n2c(C)cccc2n1. The Morgan fingerprint density at radius 2 is 2.19 bits per heavy atom. The molecule has 0 fully saturated rings. The van der Waals surface area contributed by atoms with E-state index in [1.165, 1.54) is 17.6 Å². The Morgan fingerprint density at radius 1 is 1.44 bits per heavy atom. The van der Waals surface area contributed by atoms with Gasteiger partial charge in [0.25, 0.3) is 5.56 Å². The molecule has 16 heavy (non-hydrogen) atoms. The van der Waals surface area contributed by atoms with E-state index in [4.69, 9.17) is 0 Å². The van der Waals surface area contributed by atoms with Gasteiger partial charge in [0.2, 0.25) is 0 Å². The minimum absolute atomic E-state index is 0.0260. The number of carbonyl (C=O) groups excluding carboxylic acids is 1. The second-order valence-electron chi connectivity index (χ2n) is 3.33. The van der Waals surface area contributed by atoms with Crippen molar-refractivity contribution in [3.63, 3.8) is 0 Å². The maximum absolute atomic E-state index is 11.8. The molecule has 0 saturated carbocycles. The van der Waals surface area contributed by atoms with Crippen molar-refractivity contribution in [2.45, 2.75) is 6.92 Å². The summed E-state index contributed by atoms with van der Waals surface area (Å²) in [6.07, 6.45) is 0. The summed E-state index contributed by atoms with van der Waals surface area (Å²) in [5, 5.41) is 0. The van der Waals surface area contributed by atoms with Gasteiger partial charge in [-0.2, -0.15) is 0 Å². The number of esters is 1. The second kappa shape index (κ2) is 3.77. The van der Waals surface area contributed by atoms with Gasteiger partial charge in [0, 0.05) is 11.8 Å². The summed E-state index contributed by atoms with van der Waals surface area (Å²) in [6.45, 7) is 1.80. The standard InChI is InChI=1S/C11H10N2O3/c1-7-4-3-5-9-12-8(11(15)16-2)6-10(14)13(7)9/h3-6H,1-2H3. The monoisotopic (exact) mass is 218 g/mol. The Bertz CT molecular complexity index is 616. The second-order valence-corrected chi connectivity index (χ2v) is 3.33. The minimum Gasteiger partial charge on any atom is -0.464 e. The van der Waals surface area contributed by atoms with Crippen molar-refractivity contribution in [2.75, 3.05) is 7.11 Å². The van der Waals surface area contributed by atoms with E-state index in [1.54, 1.807) is 25.1 Å². The lowest BCUT2D eigenvalue weighted by Crippen LogP contribution is -2.19. The largest absolute Gasteiger partial charge is 0.464 e. The van der Waals surface area contributed by atoms with Crippen molar-refractivity contribution in [1.82, 2.24) is 9.38 Å². The average molecular weight is 218 g/mol. The molecule has 0 amide bonds. The normalized spacial score (nSPS) is 10.4. The molecule has 0 radical (unpaired) electrons. The molecule has 0 atom stereocenters. The molecule has 0 unspecified atom stereocenters. The van der Waals surface area contributed by atoms with Crippen LogP contribution >= 0.6 is 0 Å². The topological polar surface area (TPSA) is 60.7 Å². The van der Waals surface area contributed by atoms with E-state index in [9.17, 15) is 9.59 Å². The van der Waals surface area contributed by atoms with Crippen LogP contribution in [-0.4, -0.2) is 22.5 Å². The smallest absolute Gasteiger partial charge is 0.356 e. The molecule has 0 spiro atoms. The van der Waals surface area contributed by atoms with Gasteiger partial charge in [-0.3, -0.25) is 9.20 Å². The molecular weight excluding hydrogens is 208 g/mol. The summed E-state index contributed by atoms with van der Waals surface area (Å²) >= 11 is 0. The van der Waals surface area contributed by atoms with E-state index < -0.39 is 5.97 Å². The van der Waals surface area contributed by atoms with Crippen LogP contribution < -0.4 is 5.56 Å². The Balaban J connectivity index is 2.79. The molecule has 2 aromatic rings. The first kappa shape index (κ1) is 10.4. The first-order chi connectivity index (χ1) is 7.63. The molecule has 0 N–H and O–H groups in total. The summed E-state index contributed by atoms with van der Waals surface area (Å²) in [5.74, 6) is -0.610. The molecule has 5 heteroatoms. The molecule has 0 aliphatic rings. The first-order valence-electron chi connectivity index (χ1n) is 4.71. The van der Waals surface area contributed by atoms with Crippen LogP contribution in [0.25, 0.3) is 5.65 Å². The fourth-order valence-corrected chi connectivity index (χ4v) is 1.52. The highest BCUT2D eigenvalue weighted by Gasteiger charge is 2.10. The van der Waals surface area contributed by atoms with Gasteiger partial charge >= 0.3 is 5.97 Å². The maximum Gasteiger partial charge on any atom is 0.356 e. The lowest BCUT2D eigenvalue weighted by Gasteiger charge is -2.04. The number of ether oxygens (including phenoxy) is 1. The van der Waals surface area contributed by atoms with Crippen LogP contribution in [0, 0.1) is 6.92 Å². The summed E-state index contributed by atoms with van der Waals surface area (Å²) < 4.78 is 5.96. The molecule has 0 saturated heterocycles. The van der Waals surface area contributed by atoms with E-state index in [0.717, 1.165) is 5.69 Å². The molecule has 0 bridgehead atoms. The van der Waals surface area contributed by atoms with Gasteiger partial charge in [0.05, 0.1) is 7.11 Å². The Morgan fingerprint density at radius 3 is 2.88 bits per heavy atom. The van der Waals surface area contributed by atoms with Crippen LogP contribution in [0.2, 0.25) is 0 Å². The van der Waals surface area contributed by atoms with Crippen molar-refractivity contribution < 1.29 is 9.53 Å². The summed E-state index contributed by atoms with van der Waals surface area (Å²) in [7, 11) is 1.25. The van der Waals surface area contributed by atoms with Gasteiger partial charge < -0.3 is 4.74 Å². The number of pyridine rings is 1. The number of methoxy groups -OCH3 is 1. The first-order valence-corrected chi connectivity index (χ1v) is 4.71. The van der Waals surface area contributed by atoms with Crippen LogP contribution in [0.5, 0.6) is 0 Å². The van der Waals surface area contributed by atoms with E-state index in [-0.39, 0.29) is 11.3 Å². The average Bonchev–Trinajstić information content (AvgIpc) is 2.27. The lowest BCUT2D eigenvalue weighted by atomic mass is 10.3. The summed E-state index contributed by atoms with van der Waals surface area (Å²) in [6, 6.07) is 6.42. The molecule has 2 rings (SSSR count). The third kappa shape index (κ3) is 1.56. The van der Waals surface area contributed by atoms with Gasteiger partial charge in [-0.15, -0.1) is 0 Å². The molecule has 0 aromatic carbocycles. The number of rotatable bonds is 1. The fourth-order valence-electron chi connectivity index (χ4n) is 1.52. The number of aryl methyl sites for hydroxylation is 1. The number of fused-ring (bicyclic) bond motifs is 1. The molecule has 5 nitrogen and oxygen atoms in total. The van der Waals surface area contributed by atoms with Crippen LogP contribution in [0.15, 0.2) is 29.1 Å². The highest BCUT2D eigenvalue weighted by molar-refractivity contribution is 5.87. The molecule has 2 aromatic heterocycles. The minimum atomic E-state index is -0.610. The molecule has 0 aliphatic heterocycles. The van der Waals surface area contributed by atoms with Crippen LogP contribution in [-0.2, 0) is 4.74 Å². The number of hydrogen-bond donors (Lipinski definition) is 0. The Kier molecular flexibility index (Phi) is 2.44. The third-order valence-corrected chi connectivity index (χ3v) is 2.27. The van der Waals surface area contributed by atoms with Crippen molar-refractivity contribution in [2.24, 2.45) is 0 Å². The third-order valence-electron chi connectivity index (χ3n) is 2.27. The Labute approximate surface area is 91.3 Å². The van der Waals surface area contributed by atoms with E-state index in [1.807, 2.05) is 0 Å². The van der Waals surface area contributed by atoms with E-state index >= 15 is 0 Å². The van der Waals surface area contributed by atoms with Crippen molar-refractivity contribution in [1.29, 1.82) is 0 Å². The van der Waals surface area contributed by atoms with Crippen molar-refractivity contribution in [3.8, 4) is 0 Å². The van der Waals surface area contributed by atoms with Crippen molar-refractivity contribution >= 4 is 11.6 Å². The Hall–Kier alpha value is -2.17. The molecular formula is C11H10N2O3. The van der Waals surface area contributed by atoms with Gasteiger partial charge in [0.15, 0.2) is 5.69 Å². The van der Waals surface area contributed by atoms with Gasteiger partial charge in [-0.05, 0) is 19.1 Å².